The second-order valence-corrected chi connectivity index (χ2v) is 9.07. The zero-order valence-electron chi connectivity index (χ0n) is 20.7. The number of fused-ring (bicyclic) bond motifs is 2. The number of ketones is 1. The molecular formula is C27H25ClFN5O4. The predicted molar refractivity (Wildman–Crippen MR) is 139 cm³/mol. The number of halogens is 2. The highest BCUT2D eigenvalue weighted by Crippen LogP contribution is 2.29. The summed E-state index contributed by atoms with van der Waals surface area (Å²) in [5.74, 6) is -1.49. The molecule has 0 unspecified atom stereocenters. The number of rotatable bonds is 5. The van der Waals surface area contributed by atoms with Gasteiger partial charge in [-0.3, -0.25) is 9.59 Å². The van der Waals surface area contributed by atoms with Gasteiger partial charge in [-0.05, 0) is 59.9 Å². The number of ether oxygens (including phenoxy) is 1. The van der Waals surface area contributed by atoms with Gasteiger partial charge in [0.15, 0.2) is 11.4 Å². The molecule has 38 heavy (non-hydrogen) atoms. The third kappa shape index (κ3) is 5.87. The maximum Gasteiger partial charge on any atom is 0.337 e. The molecule has 0 fully saturated rings. The summed E-state index contributed by atoms with van der Waals surface area (Å²) in [5.41, 5.74) is 10.3. The van der Waals surface area contributed by atoms with Crippen molar-refractivity contribution in [2.75, 3.05) is 7.11 Å². The smallest absolute Gasteiger partial charge is 0.337 e. The first-order chi connectivity index (χ1) is 18.2. The Labute approximate surface area is 222 Å². The number of methoxy groups -OCH3 is 1. The zero-order chi connectivity index (χ0) is 27.4. The molecule has 11 heteroatoms. The molecule has 0 spiro atoms. The molecule has 1 aliphatic rings. The van der Waals surface area contributed by atoms with Crippen molar-refractivity contribution in [3.63, 3.8) is 0 Å². The maximum absolute atomic E-state index is 13.1. The molecule has 2 heterocycles. The van der Waals surface area contributed by atoms with Crippen LogP contribution in [0.15, 0.2) is 54.7 Å². The Balaban J connectivity index is 0.000000204. The minimum absolute atomic E-state index is 0.0144. The van der Waals surface area contributed by atoms with E-state index in [0.29, 0.717) is 16.8 Å². The first kappa shape index (κ1) is 26.9. The number of esters is 1. The Morgan fingerprint density at radius 2 is 1.97 bits per heavy atom. The molecule has 3 N–H and O–H groups in total. The Morgan fingerprint density at radius 3 is 2.68 bits per heavy atom. The van der Waals surface area contributed by atoms with Crippen molar-refractivity contribution in [3.8, 4) is 0 Å². The van der Waals surface area contributed by atoms with E-state index < -0.39 is 11.7 Å². The van der Waals surface area contributed by atoms with Crippen LogP contribution in [-0.2, 0) is 17.7 Å². The summed E-state index contributed by atoms with van der Waals surface area (Å²) in [4.78, 5) is 39.4. The van der Waals surface area contributed by atoms with Crippen LogP contribution >= 0.6 is 11.6 Å². The fourth-order valence-corrected chi connectivity index (χ4v) is 4.30. The summed E-state index contributed by atoms with van der Waals surface area (Å²) in [6.45, 7) is 1.54. The molecule has 0 bridgehead atoms. The van der Waals surface area contributed by atoms with E-state index in [9.17, 15) is 18.8 Å². The average molecular weight is 538 g/mol. The molecule has 196 valence electrons. The van der Waals surface area contributed by atoms with Gasteiger partial charge in [0.05, 0.1) is 23.9 Å². The summed E-state index contributed by atoms with van der Waals surface area (Å²) < 4.78 is 19.2. The van der Waals surface area contributed by atoms with Gasteiger partial charge in [0.25, 0.3) is 5.91 Å². The van der Waals surface area contributed by atoms with Gasteiger partial charge in [-0.25, -0.2) is 18.7 Å². The second-order valence-electron chi connectivity index (χ2n) is 8.67. The van der Waals surface area contributed by atoms with Gasteiger partial charge in [-0.1, -0.05) is 23.7 Å². The number of aryl methyl sites for hydroxylation is 1. The Kier molecular flexibility index (Phi) is 8.13. The molecule has 0 aliphatic heterocycles. The number of nitrogens with two attached hydrogens (primary N) is 1. The quantitative estimate of drug-likeness (QED) is 0.290. The lowest BCUT2D eigenvalue weighted by atomic mass is 10.1. The van der Waals surface area contributed by atoms with Crippen molar-refractivity contribution in [1.29, 1.82) is 0 Å². The second kappa shape index (κ2) is 11.5. The van der Waals surface area contributed by atoms with Gasteiger partial charge in [0.1, 0.15) is 17.2 Å². The summed E-state index contributed by atoms with van der Waals surface area (Å²) in [5, 5.41) is 6.65. The number of carbonyl (C=O) groups is 3. The lowest BCUT2D eigenvalue weighted by Gasteiger charge is -2.08. The van der Waals surface area contributed by atoms with Crippen molar-refractivity contribution in [1.82, 2.24) is 19.9 Å². The zero-order valence-corrected chi connectivity index (χ0v) is 21.5. The van der Waals surface area contributed by atoms with Crippen molar-refractivity contribution < 1.29 is 23.5 Å². The van der Waals surface area contributed by atoms with E-state index in [0.717, 1.165) is 18.4 Å². The summed E-state index contributed by atoms with van der Waals surface area (Å²) >= 11 is 5.71. The van der Waals surface area contributed by atoms with Crippen LogP contribution in [0.1, 0.15) is 67.4 Å². The van der Waals surface area contributed by atoms with E-state index >= 15 is 0 Å². The van der Waals surface area contributed by atoms with E-state index in [2.05, 4.69) is 20.1 Å². The minimum atomic E-state index is -0.523. The van der Waals surface area contributed by atoms with Crippen LogP contribution in [0.2, 0.25) is 5.02 Å². The lowest BCUT2D eigenvalue weighted by Crippen LogP contribution is -2.25. The number of nitrogens with one attached hydrogen (secondary N) is 1. The number of nitrogens with zero attached hydrogens (tertiary/aromatic N) is 3. The van der Waals surface area contributed by atoms with Gasteiger partial charge < -0.3 is 15.8 Å². The molecular weight excluding hydrogens is 513 g/mol. The molecule has 1 amide bonds. The first-order valence-electron chi connectivity index (χ1n) is 11.7. The topological polar surface area (TPSA) is 129 Å². The van der Waals surface area contributed by atoms with Gasteiger partial charge in [-0.2, -0.15) is 5.10 Å². The summed E-state index contributed by atoms with van der Waals surface area (Å²) in [6, 6.07) is 12.9. The molecule has 1 atom stereocenters. The Bertz CT molecular complexity index is 1540. The molecule has 9 nitrogen and oxygen atoms in total. The van der Waals surface area contributed by atoms with Gasteiger partial charge in [0, 0.05) is 25.6 Å². The SMILES string of the molecule is CC(=O)c1cc(C(=O)NCc2ccc(F)c(Cl)c2)nc2ccnn12.COC(=O)c1ccc2c(c1)CC[C@@H]2N. The van der Waals surface area contributed by atoms with Crippen LogP contribution in [0.4, 0.5) is 4.39 Å². The van der Waals surface area contributed by atoms with Crippen molar-refractivity contribution in [2.45, 2.75) is 32.4 Å². The molecule has 0 saturated carbocycles. The van der Waals surface area contributed by atoms with E-state index in [1.807, 2.05) is 12.1 Å². The van der Waals surface area contributed by atoms with E-state index in [1.54, 1.807) is 12.1 Å². The monoisotopic (exact) mass is 537 g/mol. The van der Waals surface area contributed by atoms with Crippen LogP contribution in [0.5, 0.6) is 0 Å². The summed E-state index contributed by atoms with van der Waals surface area (Å²) in [7, 11) is 1.39. The van der Waals surface area contributed by atoms with Crippen molar-refractivity contribution in [2.24, 2.45) is 5.73 Å². The van der Waals surface area contributed by atoms with E-state index in [-0.39, 0.29) is 40.7 Å². The fourth-order valence-electron chi connectivity index (χ4n) is 4.10. The predicted octanol–water partition coefficient (Wildman–Crippen LogP) is 4.07. The van der Waals surface area contributed by atoms with Crippen LogP contribution in [0.25, 0.3) is 5.65 Å². The number of benzene rings is 2. The highest BCUT2D eigenvalue weighted by Gasteiger charge is 2.20. The highest BCUT2D eigenvalue weighted by molar-refractivity contribution is 6.30. The third-order valence-corrected chi connectivity index (χ3v) is 6.37. The number of amides is 1. The van der Waals surface area contributed by atoms with Gasteiger partial charge >= 0.3 is 5.97 Å². The summed E-state index contributed by atoms with van der Waals surface area (Å²) in [6.07, 6.45) is 3.43. The lowest BCUT2D eigenvalue weighted by molar-refractivity contribution is 0.0600. The van der Waals surface area contributed by atoms with Crippen LogP contribution in [0.3, 0.4) is 0 Å². The first-order valence-corrected chi connectivity index (χ1v) is 12.1. The number of hydrogen-bond acceptors (Lipinski definition) is 7. The van der Waals surface area contributed by atoms with Gasteiger partial charge in [-0.15, -0.1) is 0 Å². The van der Waals surface area contributed by atoms with E-state index in [4.69, 9.17) is 17.3 Å². The minimum Gasteiger partial charge on any atom is -0.465 e. The van der Waals surface area contributed by atoms with Crippen molar-refractivity contribution in [3.05, 3.63) is 99.2 Å². The molecule has 0 saturated heterocycles. The molecule has 4 aromatic rings. The van der Waals surface area contributed by atoms with E-state index in [1.165, 1.54) is 54.6 Å². The van der Waals surface area contributed by atoms with Crippen LogP contribution in [-0.4, -0.2) is 39.4 Å². The Morgan fingerprint density at radius 1 is 1.18 bits per heavy atom. The van der Waals surface area contributed by atoms with Crippen molar-refractivity contribution >= 4 is 34.9 Å². The molecule has 1 aliphatic carbocycles. The normalized spacial score (nSPS) is 13.9. The van der Waals surface area contributed by atoms with Crippen LogP contribution in [0, 0.1) is 5.82 Å². The fraction of sp³-hybridized carbons (Fsp3) is 0.222. The average Bonchev–Trinajstić information content (AvgIpc) is 3.54. The molecule has 0 radical (unpaired) electrons. The maximum atomic E-state index is 13.1. The standard InChI is InChI=1S/C16H12ClFN4O2.C11H13NO2/c1-9(23)14-7-13(21-15-4-5-20-22(14)15)16(24)19-8-10-2-3-12(18)11(17)6-10;1-14-11(13)8-2-4-9-7(6-8)3-5-10(9)12/h2-7H,8H2,1H3,(H,19,24);2,4,6,10H,3,5,12H2,1H3/t;10-/m.0/s1. The van der Waals surface area contributed by atoms with Crippen LogP contribution < -0.4 is 11.1 Å². The number of aromatic nitrogens is 3. The molecule has 2 aromatic carbocycles. The number of Topliss-reactive ketones (excluding diaryl/α,β-unsaturated/α-hetero) is 1. The third-order valence-electron chi connectivity index (χ3n) is 6.08. The number of carbonyl (C=O) groups excluding carboxylic acids is 3. The molecule has 2 aromatic heterocycles. The highest BCUT2D eigenvalue weighted by atomic mass is 35.5. The Hall–Kier alpha value is -4.15. The number of hydrogen-bond donors (Lipinski definition) is 2. The largest absolute Gasteiger partial charge is 0.465 e. The van der Waals surface area contributed by atoms with Gasteiger partial charge in [0.2, 0.25) is 0 Å². The molecule has 5 rings (SSSR count).